The number of aromatic nitrogens is 1. The van der Waals surface area contributed by atoms with Crippen LogP contribution in [0.3, 0.4) is 0 Å². The Balaban J connectivity index is 1.71. The number of hydrogen-bond acceptors (Lipinski definition) is 5. The molecule has 39 heavy (non-hydrogen) atoms. The number of halogens is 4. The van der Waals surface area contributed by atoms with Crippen LogP contribution in [0.1, 0.15) is 31.0 Å². The van der Waals surface area contributed by atoms with Crippen molar-refractivity contribution in [1.82, 2.24) is 4.57 Å². The van der Waals surface area contributed by atoms with E-state index in [2.05, 4.69) is 5.32 Å². The van der Waals surface area contributed by atoms with Crippen LogP contribution in [0, 0.1) is 6.92 Å². The second-order valence-corrected chi connectivity index (χ2v) is 12.3. The highest BCUT2D eigenvalue weighted by molar-refractivity contribution is 7.92. The van der Waals surface area contributed by atoms with E-state index in [1.807, 2.05) is 13.8 Å². The van der Waals surface area contributed by atoms with Gasteiger partial charge in [0.25, 0.3) is 10.0 Å². The highest BCUT2D eigenvalue weighted by atomic mass is 35.5. The van der Waals surface area contributed by atoms with Crippen molar-refractivity contribution in [2.45, 2.75) is 37.9 Å². The van der Waals surface area contributed by atoms with Gasteiger partial charge in [-0.1, -0.05) is 40.6 Å². The summed E-state index contributed by atoms with van der Waals surface area (Å²) in [7, 11) is -4.46. The third-order valence-electron chi connectivity index (χ3n) is 5.85. The minimum absolute atomic E-state index is 0.0757. The molecule has 4 aromatic rings. The molecule has 0 fully saturated rings. The number of nitrogens with one attached hydrogen (secondary N) is 1. The van der Waals surface area contributed by atoms with Crippen molar-refractivity contribution in [2.75, 3.05) is 16.2 Å². The number of nitrogens with zero attached hydrogens (tertiary/aromatic N) is 2. The number of hydrogen-bond donors (Lipinski definition) is 1. The molecule has 0 atom stereocenters. The Bertz CT molecular complexity index is 1710. The zero-order chi connectivity index (χ0) is 28.7. The summed E-state index contributed by atoms with van der Waals surface area (Å²) in [6.07, 6.45) is -4.85. The molecule has 0 aliphatic carbocycles. The first-order valence-corrected chi connectivity index (χ1v) is 14.2. The van der Waals surface area contributed by atoms with Crippen LogP contribution in [-0.4, -0.2) is 25.4 Å². The molecule has 0 saturated heterocycles. The predicted octanol–water partition coefficient (Wildman–Crippen LogP) is 6.46. The molecule has 7 nitrogen and oxygen atoms in total. The van der Waals surface area contributed by atoms with Gasteiger partial charge >= 0.3 is 11.0 Å². The zero-order valence-electron chi connectivity index (χ0n) is 20.9. The van der Waals surface area contributed by atoms with E-state index in [4.69, 9.17) is 11.6 Å². The summed E-state index contributed by atoms with van der Waals surface area (Å²) < 4.78 is 70.6. The summed E-state index contributed by atoms with van der Waals surface area (Å²) in [5.74, 6) is -0.802. The first kappa shape index (κ1) is 28.7. The van der Waals surface area contributed by atoms with Crippen LogP contribution in [0.25, 0.3) is 10.2 Å². The molecule has 3 aromatic carbocycles. The second kappa shape index (κ2) is 10.7. The second-order valence-electron chi connectivity index (χ2n) is 9.05. The van der Waals surface area contributed by atoms with Gasteiger partial charge in [-0.25, -0.2) is 8.42 Å². The van der Waals surface area contributed by atoms with Crippen molar-refractivity contribution in [3.05, 3.63) is 86.5 Å². The van der Waals surface area contributed by atoms with E-state index in [-0.39, 0.29) is 21.5 Å². The molecule has 0 aliphatic heterocycles. The number of carbonyl (C=O) groups excluding carboxylic acids is 1. The lowest BCUT2D eigenvalue weighted by molar-refractivity contribution is -0.137. The maximum Gasteiger partial charge on any atom is 0.417 e. The van der Waals surface area contributed by atoms with Gasteiger partial charge in [0.05, 0.1) is 31.4 Å². The van der Waals surface area contributed by atoms with E-state index in [1.54, 1.807) is 29.7 Å². The van der Waals surface area contributed by atoms with Crippen LogP contribution in [-0.2, 0) is 21.0 Å². The number of amides is 1. The molecule has 0 spiro atoms. The molecule has 0 aliphatic rings. The number of fused-ring (bicyclic) bond motifs is 1. The van der Waals surface area contributed by atoms with Gasteiger partial charge in [0.15, 0.2) is 0 Å². The fraction of sp³-hybridized carbons (Fsp3) is 0.231. The van der Waals surface area contributed by atoms with E-state index < -0.39 is 39.2 Å². The van der Waals surface area contributed by atoms with Gasteiger partial charge in [-0.3, -0.25) is 18.5 Å². The van der Waals surface area contributed by atoms with E-state index in [1.165, 1.54) is 24.3 Å². The molecule has 1 amide bonds. The normalized spacial score (nSPS) is 12.2. The summed E-state index contributed by atoms with van der Waals surface area (Å²) in [6, 6.07) is 13.1. The Hall–Kier alpha value is -3.35. The van der Waals surface area contributed by atoms with Crippen LogP contribution in [0.4, 0.5) is 24.5 Å². The lowest BCUT2D eigenvalue weighted by Gasteiger charge is -2.25. The van der Waals surface area contributed by atoms with Gasteiger partial charge in [-0.05, 0) is 69.3 Å². The first-order chi connectivity index (χ1) is 18.2. The van der Waals surface area contributed by atoms with Gasteiger partial charge in [0.2, 0.25) is 5.91 Å². The van der Waals surface area contributed by atoms with E-state index >= 15 is 0 Å². The van der Waals surface area contributed by atoms with E-state index in [0.717, 1.165) is 29.0 Å². The molecule has 0 unspecified atom stereocenters. The van der Waals surface area contributed by atoms with Crippen molar-refractivity contribution in [1.29, 1.82) is 0 Å². The largest absolute Gasteiger partial charge is 0.417 e. The zero-order valence-corrected chi connectivity index (χ0v) is 23.3. The maximum absolute atomic E-state index is 13.6. The highest BCUT2D eigenvalue weighted by Gasteiger charge is 2.35. The number of carbonyl (C=O) groups is 1. The van der Waals surface area contributed by atoms with Gasteiger partial charge in [0.1, 0.15) is 6.54 Å². The minimum Gasteiger partial charge on any atom is -0.324 e. The van der Waals surface area contributed by atoms with Crippen molar-refractivity contribution in [3.63, 3.8) is 0 Å². The van der Waals surface area contributed by atoms with Crippen LogP contribution in [0.5, 0.6) is 0 Å². The monoisotopic (exact) mass is 597 g/mol. The fourth-order valence-electron chi connectivity index (χ4n) is 3.97. The number of sulfonamides is 1. The van der Waals surface area contributed by atoms with E-state index in [0.29, 0.717) is 26.3 Å². The number of anilines is 2. The Labute approximate surface area is 231 Å². The van der Waals surface area contributed by atoms with Crippen molar-refractivity contribution in [2.24, 2.45) is 0 Å². The van der Waals surface area contributed by atoms with Crippen LogP contribution < -0.4 is 14.5 Å². The smallest absolute Gasteiger partial charge is 0.324 e. The molecule has 4 rings (SSSR count). The number of benzene rings is 3. The SMILES string of the molecule is Cc1ccc(S(=O)(=O)N(CC(=O)Nc2ccc3c(c2)sc(=O)n3C(C)C)c2ccc(Cl)c(C(F)(F)F)c2)cc1. The van der Waals surface area contributed by atoms with Crippen LogP contribution >= 0.6 is 22.9 Å². The lowest BCUT2D eigenvalue weighted by atomic mass is 10.2. The summed E-state index contributed by atoms with van der Waals surface area (Å²) in [5.41, 5.74) is 0.131. The van der Waals surface area contributed by atoms with Crippen molar-refractivity contribution >= 4 is 60.5 Å². The van der Waals surface area contributed by atoms with E-state index in [9.17, 15) is 31.2 Å². The molecular formula is C26H23ClF3N3O4S2. The average Bonchev–Trinajstić information content (AvgIpc) is 3.17. The summed E-state index contributed by atoms with van der Waals surface area (Å²) >= 11 is 6.73. The van der Waals surface area contributed by atoms with Gasteiger partial charge < -0.3 is 5.32 Å². The topological polar surface area (TPSA) is 88.5 Å². The predicted molar refractivity (Wildman–Crippen MR) is 147 cm³/mol. The molecule has 0 radical (unpaired) electrons. The standard InChI is InChI=1S/C26H23ClF3N3O4S2/c1-15(2)33-22-11-6-17(12-23(22)38-25(33)35)31-24(34)14-32(39(36,37)19-8-4-16(3)5-9-19)18-7-10-21(27)20(13-18)26(28,29)30/h4-13,15H,14H2,1-3H3,(H,31,34). The average molecular weight is 598 g/mol. The quantitative estimate of drug-likeness (QED) is 0.265. The fourth-order valence-corrected chi connectivity index (χ4v) is 6.66. The first-order valence-electron chi connectivity index (χ1n) is 11.6. The van der Waals surface area contributed by atoms with Gasteiger partial charge in [0, 0.05) is 11.7 Å². The van der Waals surface area contributed by atoms with Gasteiger partial charge in [-0.2, -0.15) is 13.2 Å². The summed E-state index contributed by atoms with van der Waals surface area (Å²) in [5, 5.41) is 1.98. The maximum atomic E-state index is 13.6. The highest BCUT2D eigenvalue weighted by Crippen LogP contribution is 2.38. The molecule has 13 heteroatoms. The van der Waals surface area contributed by atoms with Crippen molar-refractivity contribution < 1.29 is 26.4 Å². The number of rotatable bonds is 7. The molecular weight excluding hydrogens is 575 g/mol. The summed E-state index contributed by atoms with van der Waals surface area (Å²) in [4.78, 5) is 25.0. The Kier molecular flexibility index (Phi) is 7.84. The molecule has 0 saturated carbocycles. The third kappa shape index (κ3) is 5.97. The van der Waals surface area contributed by atoms with Gasteiger partial charge in [-0.15, -0.1) is 0 Å². The van der Waals surface area contributed by atoms with Crippen LogP contribution in [0.2, 0.25) is 5.02 Å². The number of aryl methyl sites for hydroxylation is 1. The number of alkyl halides is 3. The van der Waals surface area contributed by atoms with Crippen LogP contribution in [0.15, 0.2) is 70.4 Å². The Morgan fingerprint density at radius 3 is 2.36 bits per heavy atom. The molecule has 206 valence electrons. The molecule has 1 heterocycles. The van der Waals surface area contributed by atoms with Crippen molar-refractivity contribution in [3.8, 4) is 0 Å². The Morgan fingerprint density at radius 1 is 1.08 bits per heavy atom. The lowest BCUT2D eigenvalue weighted by Crippen LogP contribution is -2.38. The Morgan fingerprint density at radius 2 is 1.74 bits per heavy atom. The minimum atomic E-state index is -4.85. The molecule has 1 aromatic heterocycles. The number of thiazole rings is 1. The molecule has 1 N–H and O–H groups in total. The molecule has 0 bridgehead atoms. The summed E-state index contributed by atoms with van der Waals surface area (Å²) in [6.45, 7) is 4.66. The third-order valence-corrected chi connectivity index (χ3v) is 8.89.